The maximum absolute atomic E-state index is 11.4. The zero-order valence-electron chi connectivity index (χ0n) is 18.4. The van der Waals surface area contributed by atoms with E-state index in [-0.39, 0.29) is 29.0 Å². The van der Waals surface area contributed by atoms with Gasteiger partial charge in [-0.05, 0) is 110 Å². The highest BCUT2D eigenvalue weighted by atomic mass is 16.4. The molecule has 5 aliphatic rings. The first-order valence-electron chi connectivity index (χ1n) is 12.3. The van der Waals surface area contributed by atoms with E-state index in [9.17, 15) is 20.1 Å². The minimum Gasteiger partial charge on any atom is -0.481 e. The molecule has 0 saturated heterocycles. The number of aliphatic hydroxyl groups is 2. The Morgan fingerprint density at radius 3 is 2.31 bits per heavy atom. The summed E-state index contributed by atoms with van der Waals surface area (Å²) in [6.45, 7) is 7.26. The summed E-state index contributed by atoms with van der Waals surface area (Å²) in [6, 6.07) is 0. The molecular weight excluding hydrogens is 364 g/mol. The Balaban J connectivity index is 1.39. The molecule has 0 radical (unpaired) electrons. The smallest absolute Gasteiger partial charge is 0.306 e. The molecule has 0 bridgehead atoms. The van der Waals surface area contributed by atoms with Crippen LogP contribution in [0, 0.1) is 58.2 Å². The largest absolute Gasteiger partial charge is 0.481 e. The third-order valence-electron chi connectivity index (χ3n) is 11.2. The molecule has 5 fully saturated rings. The second-order valence-corrected chi connectivity index (χ2v) is 12.2. The molecule has 0 amide bonds. The van der Waals surface area contributed by atoms with Gasteiger partial charge in [-0.25, -0.2) is 0 Å². The fraction of sp³-hybridized carbons (Fsp3) is 0.960. The number of aliphatic hydroxyl groups excluding tert-OH is 2. The van der Waals surface area contributed by atoms with Crippen LogP contribution in [0.1, 0.15) is 78.6 Å². The molecule has 0 aromatic rings. The Hall–Kier alpha value is -0.610. The van der Waals surface area contributed by atoms with Gasteiger partial charge in [-0.1, -0.05) is 20.8 Å². The number of hydrogen-bond acceptors (Lipinski definition) is 3. The Kier molecular flexibility index (Phi) is 4.68. The van der Waals surface area contributed by atoms with Crippen molar-refractivity contribution < 1.29 is 20.1 Å². The van der Waals surface area contributed by atoms with Crippen LogP contribution in [0.4, 0.5) is 0 Å². The van der Waals surface area contributed by atoms with E-state index in [2.05, 4.69) is 20.8 Å². The lowest BCUT2D eigenvalue weighted by atomic mass is 9.43. The highest BCUT2D eigenvalue weighted by Crippen LogP contribution is 2.69. The van der Waals surface area contributed by atoms with Gasteiger partial charge in [0, 0.05) is 0 Å². The summed E-state index contributed by atoms with van der Waals surface area (Å²) in [7, 11) is 0. The van der Waals surface area contributed by atoms with Crippen LogP contribution in [0.5, 0.6) is 0 Å². The monoisotopic (exact) mass is 404 g/mol. The predicted octanol–water partition coefficient (Wildman–Crippen LogP) is 4.33. The lowest BCUT2D eigenvalue weighted by Crippen LogP contribution is -2.58. The van der Waals surface area contributed by atoms with Crippen molar-refractivity contribution in [2.45, 2.75) is 90.8 Å². The number of carboxylic acids is 1. The summed E-state index contributed by atoms with van der Waals surface area (Å²) in [4.78, 5) is 11.4. The number of fused-ring (bicyclic) bond motifs is 5. The number of carboxylic acid groups (broad SMARTS) is 1. The first-order valence-corrected chi connectivity index (χ1v) is 12.3. The van der Waals surface area contributed by atoms with Crippen molar-refractivity contribution in [3.8, 4) is 0 Å². The first kappa shape index (κ1) is 20.3. The molecule has 5 saturated carbocycles. The SMILES string of the molecule is C[C@H](C1CC1C(=O)O)[C@H]1CCC2C3C(O)C[C@@H]4C[C@H](O)CC[C@]4(C)C3CC[C@@]21C. The summed E-state index contributed by atoms with van der Waals surface area (Å²) in [6.07, 6.45) is 9.08. The molecule has 12 atom stereocenters. The molecule has 0 aromatic heterocycles. The molecule has 5 aliphatic carbocycles. The van der Waals surface area contributed by atoms with Crippen molar-refractivity contribution in [1.82, 2.24) is 0 Å². The Labute approximate surface area is 175 Å². The van der Waals surface area contributed by atoms with E-state index in [1.54, 1.807) is 0 Å². The van der Waals surface area contributed by atoms with Crippen molar-refractivity contribution in [3.63, 3.8) is 0 Å². The average molecular weight is 405 g/mol. The summed E-state index contributed by atoms with van der Waals surface area (Å²) < 4.78 is 0. The average Bonchev–Trinajstić information content (AvgIpc) is 3.39. The number of hydrogen-bond donors (Lipinski definition) is 3. The molecule has 164 valence electrons. The highest BCUT2D eigenvalue weighted by molar-refractivity contribution is 5.73. The first-order chi connectivity index (χ1) is 13.7. The third kappa shape index (κ3) is 2.87. The quantitative estimate of drug-likeness (QED) is 0.654. The van der Waals surface area contributed by atoms with Crippen LogP contribution in [0.3, 0.4) is 0 Å². The molecule has 0 aromatic carbocycles. The van der Waals surface area contributed by atoms with Gasteiger partial charge in [-0.3, -0.25) is 4.79 Å². The summed E-state index contributed by atoms with van der Waals surface area (Å²) >= 11 is 0. The van der Waals surface area contributed by atoms with Gasteiger partial charge >= 0.3 is 5.97 Å². The molecule has 6 unspecified atom stereocenters. The summed E-state index contributed by atoms with van der Waals surface area (Å²) in [5.74, 6) is 2.76. The van der Waals surface area contributed by atoms with Gasteiger partial charge in [-0.15, -0.1) is 0 Å². The van der Waals surface area contributed by atoms with Crippen molar-refractivity contribution in [3.05, 3.63) is 0 Å². The summed E-state index contributed by atoms with van der Waals surface area (Å²) in [5.41, 5.74) is 0.531. The van der Waals surface area contributed by atoms with E-state index in [0.29, 0.717) is 41.4 Å². The van der Waals surface area contributed by atoms with E-state index >= 15 is 0 Å². The lowest BCUT2D eigenvalue weighted by molar-refractivity contribution is -0.174. The van der Waals surface area contributed by atoms with Crippen LogP contribution in [-0.2, 0) is 4.79 Å². The molecule has 4 nitrogen and oxygen atoms in total. The van der Waals surface area contributed by atoms with Crippen LogP contribution < -0.4 is 0 Å². The Morgan fingerprint density at radius 2 is 1.62 bits per heavy atom. The minimum absolute atomic E-state index is 0.113. The standard InChI is InChI=1S/C25H40O4/c1-13(16-12-17(16)23(28)29)18-4-5-19-22-20(7-9-25(18,19)3)24(2)8-6-15(26)10-14(24)11-21(22)27/h13-22,26-27H,4-12H2,1-3H3,(H,28,29)/t13-,14+,15-,16?,17?,18-,19?,20?,21?,22?,24+,25-/m1/s1. The molecule has 4 heteroatoms. The number of rotatable bonds is 3. The number of carbonyl (C=O) groups is 1. The third-order valence-corrected chi connectivity index (χ3v) is 11.2. The molecular formula is C25H40O4. The summed E-state index contributed by atoms with van der Waals surface area (Å²) in [5, 5.41) is 30.9. The van der Waals surface area contributed by atoms with Gasteiger partial charge in [0.25, 0.3) is 0 Å². The van der Waals surface area contributed by atoms with E-state index in [1.165, 1.54) is 25.7 Å². The van der Waals surface area contributed by atoms with Crippen LogP contribution in [-0.4, -0.2) is 33.5 Å². The molecule has 3 N–H and O–H groups in total. The van der Waals surface area contributed by atoms with Crippen molar-refractivity contribution in [1.29, 1.82) is 0 Å². The van der Waals surface area contributed by atoms with Gasteiger partial charge < -0.3 is 15.3 Å². The van der Waals surface area contributed by atoms with Crippen molar-refractivity contribution >= 4 is 5.97 Å². The molecule has 0 spiro atoms. The second kappa shape index (κ2) is 6.69. The minimum atomic E-state index is -0.605. The van der Waals surface area contributed by atoms with Crippen molar-refractivity contribution in [2.24, 2.45) is 58.2 Å². The molecule has 0 heterocycles. The van der Waals surface area contributed by atoms with E-state index in [1.807, 2.05) is 0 Å². The zero-order valence-corrected chi connectivity index (χ0v) is 18.4. The van der Waals surface area contributed by atoms with Crippen molar-refractivity contribution in [2.75, 3.05) is 0 Å². The van der Waals surface area contributed by atoms with Crippen LogP contribution in [0.25, 0.3) is 0 Å². The topological polar surface area (TPSA) is 77.8 Å². The number of aliphatic carboxylic acids is 1. The van der Waals surface area contributed by atoms with Gasteiger partial charge in [-0.2, -0.15) is 0 Å². The van der Waals surface area contributed by atoms with E-state index < -0.39 is 5.97 Å². The molecule has 29 heavy (non-hydrogen) atoms. The maximum Gasteiger partial charge on any atom is 0.306 e. The van der Waals surface area contributed by atoms with Crippen LogP contribution in [0.15, 0.2) is 0 Å². The fourth-order valence-electron chi connectivity index (χ4n) is 9.48. The van der Waals surface area contributed by atoms with E-state index in [0.717, 1.165) is 32.1 Å². The fourth-order valence-corrected chi connectivity index (χ4v) is 9.48. The van der Waals surface area contributed by atoms with Crippen LogP contribution in [0.2, 0.25) is 0 Å². The normalized spacial score (nSPS) is 57.3. The lowest BCUT2D eigenvalue weighted by Gasteiger charge is -2.62. The van der Waals surface area contributed by atoms with Gasteiger partial charge in [0.1, 0.15) is 0 Å². The van der Waals surface area contributed by atoms with Gasteiger partial charge in [0.05, 0.1) is 18.1 Å². The predicted molar refractivity (Wildman–Crippen MR) is 111 cm³/mol. The zero-order chi connectivity index (χ0) is 20.7. The van der Waals surface area contributed by atoms with E-state index in [4.69, 9.17) is 0 Å². The molecule has 0 aliphatic heterocycles. The van der Waals surface area contributed by atoms with Crippen LogP contribution >= 0.6 is 0 Å². The van der Waals surface area contributed by atoms with Gasteiger partial charge in [0.15, 0.2) is 0 Å². The second-order valence-electron chi connectivity index (χ2n) is 12.2. The highest BCUT2D eigenvalue weighted by Gasteiger charge is 2.64. The Bertz CT molecular complexity index is 678. The Morgan fingerprint density at radius 1 is 0.931 bits per heavy atom. The maximum atomic E-state index is 11.4. The van der Waals surface area contributed by atoms with Gasteiger partial charge in [0.2, 0.25) is 0 Å². The molecule has 5 rings (SSSR count).